The average molecular weight is 391 g/mol. The molecule has 0 aliphatic heterocycles. The molecule has 0 atom stereocenters. The van der Waals surface area contributed by atoms with E-state index in [4.69, 9.17) is 0 Å². The molecule has 0 aromatic heterocycles. The topological polar surface area (TPSA) is 60.7 Å². The lowest BCUT2D eigenvalue weighted by Gasteiger charge is -2.22. The largest absolute Gasteiger partial charge is 0.508 e. The summed E-state index contributed by atoms with van der Waals surface area (Å²) >= 11 is 0. The second-order valence-corrected chi connectivity index (χ2v) is 10.2. The molecule has 28 heavy (non-hydrogen) atoms. The van der Waals surface area contributed by atoms with E-state index in [1.807, 2.05) is 0 Å². The third-order valence-electron chi connectivity index (χ3n) is 7.00. The molecule has 0 spiro atoms. The minimum atomic E-state index is -0.114. The van der Waals surface area contributed by atoms with Crippen LogP contribution in [0.2, 0.25) is 0 Å². The molecule has 3 nitrogen and oxygen atoms in total. The van der Waals surface area contributed by atoms with Gasteiger partial charge in [0.1, 0.15) is 5.75 Å². The Hall–Kier alpha value is -1.38. The maximum atomic E-state index is 10.4. The number of unbranched alkanes of at least 4 members (excludes halogenated alkanes) is 4. The minimum absolute atomic E-state index is 0.0333. The van der Waals surface area contributed by atoms with Crippen LogP contribution in [0.3, 0.4) is 0 Å². The molecule has 1 aromatic carbocycles. The van der Waals surface area contributed by atoms with Crippen molar-refractivity contribution in [3.8, 4) is 17.2 Å². The summed E-state index contributed by atoms with van der Waals surface area (Å²) < 4.78 is 0. The fourth-order valence-corrected chi connectivity index (χ4v) is 3.94. The summed E-state index contributed by atoms with van der Waals surface area (Å²) in [7, 11) is 0. The highest BCUT2D eigenvalue weighted by atomic mass is 16.3. The van der Waals surface area contributed by atoms with Crippen LogP contribution in [0.15, 0.2) is 6.07 Å². The molecule has 3 N–H and O–H groups in total. The lowest BCUT2D eigenvalue weighted by molar-refractivity contribution is 0.307. The highest BCUT2D eigenvalue weighted by molar-refractivity contribution is 5.56. The van der Waals surface area contributed by atoms with E-state index in [0.29, 0.717) is 34.8 Å². The Morgan fingerprint density at radius 1 is 0.893 bits per heavy atom. The number of hydrogen-bond acceptors (Lipinski definition) is 3. The van der Waals surface area contributed by atoms with E-state index < -0.39 is 0 Å². The maximum absolute atomic E-state index is 10.4. The van der Waals surface area contributed by atoms with Crippen LogP contribution in [-0.2, 0) is 12.8 Å². The van der Waals surface area contributed by atoms with Gasteiger partial charge in [-0.15, -0.1) is 0 Å². The van der Waals surface area contributed by atoms with Gasteiger partial charge in [0.05, 0.1) is 0 Å². The van der Waals surface area contributed by atoms with Gasteiger partial charge in [0.25, 0.3) is 0 Å². The van der Waals surface area contributed by atoms with Crippen molar-refractivity contribution in [3.05, 3.63) is 17.2 Å². The van der Waals surface area contributed by atoms with E-state index in [2.05, 4.69) is 27.7 Å². The van der Waals surface area contributed by atoms with Crippen LogP contribution >= 0.6 is 0 Å². The number of benzene rings is 1. The van der Waals surface area contributed by atoms with E-state index >= 15 is 0 Å². The SMILES string of the molecule is CCC(C)(C)CCCCCCc1cc(O)c(CCCCC2(C)CC2)c(O)c1O. The quantitative estimate of drug-likeness (QED) is 0.189. The van der Waals surface area contributed by atoms with E-state index in [-0.39, 0.29) is 17.2 Å². The Labute approximate surface area is 172 Å². The van der Waals surface area contributed by atoms with Gasteiger partial charge in [-0.05, 0) is 68.3 Å². The van der Waals surface area contributed by atoms with Crippen molar-refractivity contribution in [1.82, 2.24) is 0 Å². The van der Waals surface area contributed by atoms with Crippen LogP contribution in [0.5, 0.6) is 17.2 Å². The summed E-state index contributed by atoms with van der Waals surface area (Å²) in [6, 6.07) is 1.66. The van der Waals surface area contributed by atoms with Gasteiger partial charge in [0.2, 0.25) is 0 Å². The zero-order valence-corrected chi connectivity index (χ0v) is 18.6. The number of aryl methyl sites for hydroxylation is 1. The maximum Gasteiger partial charge on any atom is 0.164 e. The molecule has 0 unspecified atom stereocenters. The number of rotatable bonds is 13. The predicted molar refractivity (Wildman–Crippen MR) is 117 cm³/mol. The lowest BCUT2D eigenvalue weighted by Crippen LogP contribution is -2.08. The molecule has 0 bridgehead atoms. The van der Waals surface area contributed by atoms with Gasteiger partial charge in [-0.25, -0.2) is 0 Å². The lowest BCUT2D eigenvalue weighted by atomic mass is 9.84. The Morgan fingerprint density at radius 3 is 2.18 bits per heavy atom. The molecule has 1 fully saturated rings. The van der Waals surface area contributed by atoms with Crippen molar-refractivity contribution in [3.63, 3.8) is 0 Å². The summed E-state index contributed by atoms with van der Waals surface area (Å²) in [5, 5.41) is 31.1. The molecule has 0 heterocycles. The van der Waals surface area contributed by atoms with Crippen LogP contribution < -0.4 is 0 Å². The van der Waals surface area contributed by atoms with Crippen molar-refractivity contribution >= 4 is 0 Å². The second-order valence-electron chi connectivity index (χ2n) is 10.2. The summed E-state index contributed by atoms with van der Waals surface area (Å²) in [5.41, 5.74) is 2.15. The fraction of sp³-hybridized carbons (Fsp3) is 0.760. The van der Waals surface area contributed by atoms with Gasteiger partial charge >= 0.3 is 0 Å². The molecule has 1 aliphatic rings. The van der Waals surface area contributed by atoms with Gasteiger partial charge in [-0.1, -0.05) is 59.8 Å². The third-order valence-corrected chi connectivity index (χ3v) is 7.00. The molecule has 0 radical (unpaired) electrons. The zero-order chi connectivity index (χ0) is 20.8. The van der Waals surface area contributed by atoms with Gasteiger partial charge in [0.15, 0.2) is 11.5 Å². The molecule has 2 rings (SSSR count). The molecule has 160 valence electrons. The minimum Gasteiger partial charge on any atom is -0.508 e. The van der Waals surface area contributed by atoms with E-state index in [1.165, 1.54) is 44.9 Å². The fourth-order valence-electron chi connectivity index (χ4n) is 3.94. The summed E-state index contributed by atoms with van der Waals surface area (Å²) in [6.45, 7) is 9.22. The van der Waals surface area contributed by atoms with Gasteiger partial charge < -0.3 is 15.3 Å². The number of phenols is 3. The smallest absolute Gasteiger partial charge is 0.164 e. The van der Waals surface area contributed by atoms with E-state index in [0.717, 1.165) is 25.7 Å². The van der Waals surface area contributed by atoms with Crippen molar-refractivity contribution in [2.45, 2.75) is 111 Å². The standard InChI is InChI=1S/C25H42O3/c1-5-24(2,3)14-10-7-6-8-12-19-18-21(26)20(23(28)22(19)27)13-9-11-15-25(4)16-17-25/h18,26-28H,5-17H2,1-4H3. The molecule has 1 saturated carbocycles. The molecule has 0 amide bonds. The highest BCUT2D eigenvalue weighted by Crippen LogP contribution is 2.49. The van der Waals surface area contributed by atoms with Gasteiger partial charge in [0, 0.05) is 11.1 Å². The van der Waals surface area contributed by atoms with E-state index in [1.54, 1.807) is 6.07 Å². The summed E-state index contributed by atoms with van der Waals surface area (Å²) in [4.78, 5) is 0. The average Bonchev–Trinajstić information content (AvgIpc) is 3.38. The number of aromatic hydroxyl groups is 3. The molecule has 1 aliphatic carbocycles. The first kappa shape index (κ1) is 22.9. The Morgan fingerprint density at radius 2 is 1.54 bits per heavy atom. The van der Waals surface area contributed by atoms with Crippen LogP contribution in [0, 0.1) is 10.8 Å². The summed E-state index contributed by atoms with van der Waals surface area (Å²) in [5.74, 6) is -0.0148. The first-order valence-corrected chi connectivity index (χ1v) is 11.4. The molecule has 3 heteroatoms. The molecular weight excluding hydrogens is 348 g/mol. The monoisotopic (exact) mass is 390 g/mol. The van der Waals surface area contributed by atoms with E-state index in [9.17, 15) is 15.3 Å². The first-order chi connectivity index (χ1) is 13.2. The molecule has 1 aromatic rings. The Bertz CT molecular complexity index is 629. The highest BCUT2D eigenvalue weighted by Gasteiger charge is 2.36. The van der Waals surface area contributed by atoms with Crippen LogP contribution in [0.4, 0.5) is 0 Å². The van der Waals surface area contributed by atoms with Crippen molar-refractivity contribution in [2.24, 2.45) is 10.8 Å². The van der Waals surface area contributed by atoms with Gasteiger partial charge in [-0.2, -0.15) is 0 Å². The van der Waals surface area contributed by atoms with Crippen LogP contribution in [0.1, 0.15) is 109 Å². The third kappa shape index (κ3) is 6.90. The second kappa shape index (κ2) is 9.89. The molecular formula is C25H42O3. The number of hydrogen-bond donors (Lipinski definition) is 3. The Kier molecular flexibility index (Phi) is 8.09. The predicted octanol–water partition coefficient (Wildman–Crippen LogP) is 7.25. The summed E-state index contributed by atoms with van der Waals surface area (Å²) in [6.07, 6.45) is 14.2. The van der Waals surface area contributed by atoms with Crippen LogP contribution in [0.25, 0.3) is 0 Å². The zero-order valence-electron chi connectivity index (χ0n) is 18.6. The van der Waals surface area contributed by atoms with Crippen molar-refractivity contribution < 1.29 is 15.3 Å². The van der Waals surface area contributed by atoms with Crippen molar-refractivity contribution in [1.29, 1.82) is 0 Å². The first-order valence-electron chi connectivity index (χ1n) is 11.4. The van der Waals surface area contributed by atoms with Gasteiger partial charge in [-0.3, -0.25) is 0 Å². The van der Waals surface area contributed by atoms with Crippen LogP contribution in [-0.4, -0.2) is 15.3 Å². The van der Waals surface area contributed by atoms with Crippen molar-refractivity contribution in [2.75, 3.05) is 0 Å². The Balaban J connectivity index is 1.77. The normalized spacial score (nSPS) is 15.7. The molecule has 0 saturated heterocycles. The number of phenolic OH excluding ortho intramolecular Hbond substituents is 3.